The van der Waals surface area contributed by atoms with Crippen LogP contribution in [0, 0.1) is 5.92 Å². The van der Waals surface area contributed by atoms with Gasteiger partial charge in [0.15, 0.2) is 11.4 Å². The highest BCUT2D eigenvalue weighted by molar-refractivity contribution is 7.25. The highest BCUT2D eigenvalue weighted by Crippen LogP contribution is 2.43. The normalized spacial score (nSPS) is 16.9. The van der Waals surface area contributed by atoms with E-state index in [1.807, 2.05) is 11.3 Å². The van der Waals surface area contributed by atoms with Crippen molar-refractivity contribution in [1.29, 1.82) is 0 Å². The summed E-state index contributed by atoms with van der Waals surface area (Å²) in [6, 6.07) is 74.4. The fraction of sp³-hybridized carbons (Fsp3) is 0.0476. The van der Waals surface area contributed by atoms with Crippen molar-refractivity contribution in [2.75, 3.05) is 0 Å². The fourth-order valence-corrected chi connectivity index (χ4v) is 11.8. The number of thiophene rings is 1. The van der Waals surface area contributed by atoms with E-state index in [0.717, 1.165) is 73.2 Å². The number of furan rings is 1. The Hall–Kier alpha value is -8.38. The minimum Gasteiger partial charge on any atom is -0.454 e. The van der Waals surface area contributed by atoms with Gasteiger partial charge in [-0.1, -0.05) is 165 Å². The number of amidine groups is 1. The highest BCUT2D eigenvalue weighted by atomic mass is 32.1. The lowest BCUT2D eigenvalue weighted by atomic mass is 9.92. The molecule has 10 aromatic carbocycles. The molecule has 0 fully saturated rings. The molecule has 1 aliphatic rings. The zero-order valence-corrected chi connectivity index (χ0v) is 38.0. The van der Waals surface area contributed by atoms with Gasteiger partial charge in [0, 0.05) is 58.8 Å². The smallest absolute Gasteiger partial charge is 0.160 e. The Morgan fingerprint density at radius 1 is 0.485 bits per heavy atom. The highest BCUT2D eigenvalue weighted by Gasteiger charge is 2.25. The van der Waals surface area contributed by atoms with Gasteiger partial charge in [0.1, 0.15) is 5.58 Å². The monoisotopic (exact) mass is 887 g/mol. The maximum absolute atomic E-state index is 7.11. The van der Waals surface area contributed by atoms with Crippen LogP contribution in [0.2, 0.25) is 0 Å². The molecule has 320 valence electrons. The van der Waals surface area contributed by atoms with E-state index < -0.39 is 0 Å². The molecule has 0 radical (unpaired) electrons. The zero-order valence-electron chi connectivity index (χ0n) is 37.1. The van der Waals surface area contributed by atoms with E-state index in [9.17, 15) is 0 Å². The summed E-state index contributed by atoms with van der Waals surface area (Å²) in [5.41, 5.74) is 12.2. The third-order valence-corrected chi connectivity index (χ3v) is 15.2. The lowest BCUT2D eigenvalue weighted by molar-refractivity contribution is 0.666. The van der Waals surface area contributed by atoms with Crippen molar-refractivity contribution in [2.45, 2.75) is 13.3 Å². The van der Waals surface area contributed by atoms with Gasteiger partial charge < -0.3 is 8.98 Å². The number of allylic oxidation sites excluding steroid dienone is 1. The molecule has 0 N–H and O–H groups in total. The van der Waals surface area contributed by atoms with E-state index in [1.54, 1.807) is 0 Å². The molecule has 0 saturated heterocycles. The van der Waals surface area contributed by atoms with Crippen LogP contribution in [0.4, 0.5) is 0 Å². The summed E-state index contributed by atoms with van der Waals surface area (Å²) in [4.78, 5) is 11.4. The topological polar surface area (TPSA) is 42.8 Å². The second-order valence-electron chi connectivity index (χ2n) is 18.1. The first-order valence-electron chi connectivity index (χ1n) is 23.4. The molecule has 0 saturated carbocycles. The Morgan fingerprint density at radius 3 is 1.81 bits per heavy atom. The summed E-state index contributed by atoms with van der Waals surface area (Å²) in [6.07, 6.45) is 3.11. The Morgan fingerprint density at radius 2 is 1.07 bits per heavy atom. The Bertz CT molecular complexity index is 4200. The third kappa shape index (κ3) is 6.20. The Balaban J connectivity index is 1.03. The number of para-hydroxylation sites is 1. The fourth-order valence-electron chi connectivity index (χ4n) is 10.6. The van der Waals surface area contributed by atoms with Crippen molar-refractivity contribution in [3.63, 3.8) is 0 Å². The molecule has 0 spiro atoms. The molecule has 13 aromatic rings. The number of aliphatic imine (C=N–C) groups is 2. The predicted octanol–water partition coefficient (Wildman–Crippen LogP) is 17.3. The standard InChI is InChI=1S/C63H41N3OS/c1-38-23-31-53(46-28-29-48-47-19-10-12-22-58(47)68-59(48)37-46)64-63(65-61(38)41-26-24-40(25-27-41)39-13-3-2-4-14-39)50-30-32-54(62-60(50)49-20-9-11-21-57(49)67-62)66-55-35-44-17-7-5-15-42(44)33-51(55)52-34-43-16-6-8-18-45(43)36-56(52)66/h2-22,24-38H,23H2,1H3/b53-31+,64-63-,65-61+. The second kappa shape index (κ2) is 15.3. The van der Waals surface area contributed by atoms with Crippen LogP contribution in [0.1, 0.15) is 30.0 Å². The number of aromatic nitrogens is 1. The van der Waals surface area contributed by atoms with Crippen LogP contribution >= 0.6 is 11.3 Å². The van der Waals surface area contributed by atoms with Crippen molar-refractivity contribution in [1.82, 2.24) is 4.57 Å². The van der Waals surface area contributed by atoms with Crippen LogP contribution in [-0.4, -0.2) is 16.1 Å². The molecule has 1 atom stereocenters. The molecule has 0 aliphatic carbocycles. The van der Waals surface area contributed by atoms with E-state index in [-0.39, 0.29) is 5.92 Å². The minimum atomic E-state index is 0.101. The van der Waals surface area contributed by atoms with E-state index in [2.05, 4.69) is 224 Å². The Labute approximate surface area is 396 Å². The first-order chi connectivity index (χ1) is 33.6. The summed E-state index contributed by atoms with van der Waals surface area (Å²) in [5.74, 6) is 0.757. The number of hydrogen-bond acceptors (Lipinski definition) is 4. The quantitative estimate of drug-likeness (QED) is 0.170. The van der Waals surface area contributed by atoms with E-state index in [1.165, 1.54) is 63.6 Å². The number of benzene rings is 10. The zero-order chi connectivity index (χ0) is 44.9. The Kier molecular flexibility index (Phi) is 8.77. The van der Waals surface area contributed by atoms with Crippen molar-refractivity contribution >= 4 is 114 Å². The number of nitrogens with zero attached hydrogens (tertiary/aromatic N) is 3. The summed E-state index contributed by atoms with van der Waals surface area (Å²) in [5, 5.41) is 11.8. The first kappa shape index (κ1) is 38.8. The van der Waals surface area contributed by atoms with Gasteiger partial charge >= 0.3 is 0 Å². The maximum Gasteiger partial charge on any atom is 0.160 e. The average molecular weight is 888 g/mol. The molecule has 0 bridgehead atoms. The van der Waals surface area contributed by atoms with E-state index in [0.29, 0.717) is 5.84 Å². The van der Waals surface area contributed by atoms with Gasteiger partial charge in [-0.25, -0.2) is 9.98 Å². The van der Waals surface area contributed by atoms with Crippen LogP contribution in [0.3, 0.4) is 0 Å². The van der Waals surface area contributed by atoms with Crippen LogP contribution in [0.15, 0.2) is 227 Å². The molecule has 4 nitrogen and oxygen atoms in total. The van der Waals surface area contributed by atoms with Crippen molar-refractivity contribution in [2.24, 2.45) is 15.9 Å². The van der Waals surface area contributed by atoms with E-state index in [4.69, 9.17) is 14.4 Å². The predicted molar refractivity (Wildman–Crippen MR) is 289 cm³/mol. The van der Waals surface area contributed by atoms with Gasteiger partial charge in [0.2, 0.25) is 0 Å². The van der Waals surface area contributed by atoms with Crippen molar-refractivity contribution in [3.05, 3.63) is 229 Å². The molecule has 1 aliphatic heterocycles. The number of rotatable bonds is 5. The molecular weight excluding hydrogens is 847 g/mol. The number of hydrogen-bond donors (Lipinski definition) is 0. The van der Waals surface area contributed by atoms with Gasteiger partial charge in [-0.15, -0.1) is 11.3 Å². The lowest BCUT2D eigenvalue weighted by Crippen LogP contribution is -2.17. The van der Waals surface area contributed by atoms with Crippen LogP contribution in [-0.2, 0) is 0 Å². The molecule has 4 heterocycles. The van der Waals surface area contributed by atoms with Gasteiger partial charge in [0.05, 0.1) is 28.1 Å². The van der Waals surface area contributed by atoms with E-state index >= 15 is 0 Å². The van der Waals surface area contributed by atoms with Crippen molar-refractivity contribution < 1.29 is 4.42 Å². The summed E-state index contributed by atoms with van der Waals surface area (Å²) in [7, 11) is 0. The summed E-state index contributed by atoms with van der Waals surface area (Å²) >= 11 is 1.83. The van der Waals surface area contributed by atoms with Crippen LogP contribution in [0.5, 0.6) is 0 Å². The summed E-state index contributed by atoms with van der Waals surface area (Å²) < 4.78 is 12.1. The SMILES string of the molecule is CC1C/C=C(c2ccc3c(c2)sc2ccccc23)/N=C(c2ccc(-n3c4cc5ccccc5cc4c4cc5ccccc5cc43)c3oc4ccccc4c23)\N=C/1c1ccc(-c2ccccc2)cc1. The molecule has 5 heteroatoms. The minimum absolute atomic E-state index is 0.101. The number of fused-ring (bicyclic) bond motifs is 11. The van der Waals surface area contributed by atoms with Crippen LogP contribution < -0.4 is 0 Å². The average Bonchev–Trinajstić information content (AvgIpc) is 4.06. The van der Waals surface area contributed by atoms with Gasteiger partial charge in [-0.05, 0) is 99.3 Å². The third-order valence-electron chi connectivity index (χ3n) is 14.0. The molecule has 14 rings (SSSR count). The first-order valence-corrected chi connectivity index (χ1v) is 24.2. The van der Waals surface area contributed by atoms with Crippen LogP contribution in [0.25, 0.3) is 108 Å². The second-order valence-corrected chi connectivity index (χ2v) is 19.2. The van der Waals surface area contributed by atoms with Gasteiger partial charge in [-0.3, -0.25) is 0 Å². The largest absolute Gasteiger partial charge is 0.454 e. The molecule has 68 heavy (non-hydrogen) atoms. The van der Waals surface area contributed by atoms with Crippen molar-refractivity contribution in [3.8, 4) is 16.8 Å². The van der Waals surface area contributed by atoms with Gasteiger partial charge in [-0.2, -0.15) is 0 Å². The lowest BCUT2D eigenvalue weighted by Gasteiger charge is -2.19. The molecule has 1 unspecified atom stereocenters. The molecule has 0 amide bonds. The summed E-state index contributed by atoms with van der Waals surface area (Å²) in [6.45, 7) is 2.29. The molecular formula is C63H41N3OS. The molecule has 3 aromatic heterocycles. The van der Waals surface area contributed by atoms with Gasteiger partial charge in [0.25, 0.3) is 0 Å². The maximum atomic E-state index is 7.11.